The molecular formula is C26H31F3N5O5P. The van der Waals surface area contributed by atoms with Gasteiger partial charge in [-0.05, 0) is 49.6 Å². The van der Waals surface area contributed by atoms with Crippen LogP contribution in [0.15, 0.2) is 48.7 Å². The molecule has 1 amide bonds. The summed E-state index contributed by atoms with van der Waals surface area (Å²) in [4.78, 5) is 40.4. The Morgan fingerprint density at radius 3 is 2.27 bits per heavy atom. The van der Waals surface area contributed by atoms with E-state index in [4.69, 9.17) is 4.74 Å². The molecule has 1 heterocycles. The van der Waals surface area contributed by atoms with Crippen LogP contribution in [0.3, 0.4) is 0 Å². The van der Waals surface area contributed by atoms with E-state index in [2.05, 4.69) is 25.9 Å². The molecule has 0 bridgehead atoms. The Balaban J connectivity index is 2.04. The number of ether oxygens (including phenoxy) is 1. The fourth-order valence-electron chi connectivity index (χ4n) is 4.36. The maximum absolute atomic E-state index is 13.8. The van der Waals surface area contributed by atoms with Crippen molar-refractivity contribution in [3.63, 3.8) is 0 Å². The third-order valence-corrected chi connectivity index (χ3v) is 8.57. The van der Waals surface area contributed by atoms with Gasteiger partial charge in [0.15, 0.2) is 0 Å². The number of methoxy groups -OCH3 is 1. The van der Waals surface area contributed by atoms with Gasteiger partial charge in [-0.25, -0.2) is 4.98 Å². The summed E-state index contributed by atoms with van der Waals surface area (Å²) >= 11 is 0. The van der Waals surface area contributed by atoms with Gasteiger partial charge in [0, 0.05) is 12.7 Å². The summed E-state index contributed by atoms with van der Waals surface area (Å²) in [5, 5.41) is 6.61. The fraction of sp³-hybridized carbons (Fsp3) is 0.346. The predicted molar refractivity (Wildman–Crippen MR) is 145 cm³/mol. The number of hydrogen-bond acceptors (Lipinski definition) is 7. The number of nitrogens with zero attached hydrogens (tertiary/aromatic N) is 2. The van der Waals surface area contributed by atoms with Gasteiger partial charge in [-0.3, -0.25) is 9.36 Å². The molecule has 0 aliphatic carbocycles. The molecule has 3 aromatic rings. The lowest BCUT2D eigenvalue weighted by atomic mass is 9.92. The topological polar surface area (TPSA) is 146 Å². The number of halogens is 3. The quantitative estimate of drug-likeness (QED) is 0.174. The first-order chi connectivity index (χ1) is 18.8. The SMILES string of the molecule is CCNC(=O)c1ccccc1Nc1nc(Nc2ccc(C(CC)(CC)P(=O)(O)O)cc2OC)ncc1C(F)(F)F. The second kappa shape index (κ2) is 12.2. The van der Waals surface area contributed by atoms with Gasteiger partial charge < -0.3 is 30.5 Å². The third kappa shape index (κ3) is 6.38. The van der Waals surface area contributed by atoms with Gasteiger partial charge >= 0.3 is 13.8 Å². The van der Waals surface area contributed by atoms with Crippen molar-refractivity contribution in [1.82, 2.24) is 15.3 Å². The molecule has 3 rings (SSSR count). The van der Waals surface area contributed by atoms with E-state index in [9.17, 15) is 32.3 Å². The molecule has 0 spiro atoms. The second-order valence-electron chi connectivity index (χ2n) is 8.81. The van der Waals surface area contributed by atoms with E-state index in [0.29, 0.717) is 18.3 Å². The molecule has 0 atom stereocenters. The summed E-state index contributed by atoms with van der Waals surface area (Å²) in [6.45, 7) is 5.40. The monoisotopic (exact) mass is 581 g/mol. The van der Waals surface area contributed by atoms with Crippen LogP contribution < -0.4 is 20.7 Å². The predicted octanol–water partition coefficient (Wildman–Crippen LogP) is 5.93. The van der Waals surface area contributed by atoms with Crippen LogP contribution in [0.2, 0.25) is 0 Å². The van der Waals surface area contributed by atoms with Crippen molar-refractivity contribution in [2.75, 3.05) is 24.3 Å². The Bertz CT molecular complexity index is 1410. The van der Waals surface area contributed by atoms with Gasteiger partial charge in [0.1, 0.15) is 17.1 Å². The van der Waals surface area contributed by atoms with Crippen LogP contribution in [0, 0.1) is 0 Å². The zero-order valence-electron chi connectivity index (χ0n) is 22.3. The third-order valence-electron chi connectivity index (χ3n) is 6.57. The molecular weight excluding hydrogens is 550 g/mol. The van der Waals surface area contributed by atoms with Gasteiger partial charge in [-0.1, -0.05) is 32.0 Å². The molecule has 40 heavy (non-hydrogen) atoms. The maximum atomic E-state index is 13.8. The summed E-state index contributed by atoms with van der Waals surface area (Å²) in [5.41, 5.74) is -0.303. The maximum Gasteiger partial charge on any atom is 0.421 e. The first kappa shape index (κ1) is 30.9. The van der Waals surface area contributed by atoms with Crippen LogP contribution in [0.1, 0.15) is 55.1 Å². The van der Waals surface area contributed by atoms with Crippen molar-refractivity contribution in [3.05, 3.63) is 65.4 Å². The lowest BCUT2D eigenvalue weighted by Gasteiger charge is -2.33. The highest BCUT2D eigenvalue weighted by Crippen LogP contribution is 2.61. The second-order valence-corrected chi connectivity index (χ2v) is 10.8. The van der Waals surface area contributed by atoms with E-state index < -0.39 is 36.2 Å². The summed E-state index contributed by atoms with van der Waals surface area (Å²) in [7, 11) is -3.21. The fourth-order valence-corrected chi connectivity index (χ4v) is 5.66. The molecule has 14 heteroatoms. The summed E-state index contributed by atoms with van der Waals surface area (Å²) in [5.74, 6) is -1.10. The van der Waals surface area contributed by atoms with E-state index in [1.807, 2.05) is 0 Å². The Morgan fingerprint density at radius 2 is 1.70 bits per heavy atom. The summed E-state index contributed by atoms with van der Waals surface area (Å²) in [6, 6.07) is 10.6. The van der Waals surface area contributed by atoms with Crippen molar-refractivity contribution >= 4 is 36.6 Å². The van der Waals surface area contributed by atoms with Gasteiger partial charge in [0.25, 0.3) is 5.91 Å². The van der Waals surface area contributed by atoms with E-state index >= 15 is 0 Å². The van der Waals surface area contributed by atoms with Gasteiger partial charge in [-0.2, -0.15) is 18.2 Å². The van der Waals surface area contributed by atoms with E-state index in [0.717, 1.165) is 0 Å². The zero-order valence-corrected chi connectivity index (χ0v) is 23.2. The van der Waals surface area contributed by atoms with Crippen LogP contribution in [-0.2, 0) is 15.9 Å². The summed E-state index contributed by atoms with van der Waals surface area (Å²) < 4.78 is 59.3. The minimum absolute atomic E-state index is 0.110. The van der Waals surface area contributed by atoms with Crippen molar-refractivity contribution < 1.29 is 37.1 Å². The molecule has 1 aromatic heterocycles. The molecule has 10 nitrogen and oxygen atoms in total. The summed E-state index contributed by atoms with van der Waals surface area (Å²) in [6.07, 6.45) is -3.86. The molecule has 0 radical (unpaired) electrons. The average Bonchev–Trinajstić information content (AvgIpc) is 2.89. The molecule has 216 valence electrons. The number of hydrogen-bond donors (Lipinski definition) is 5. The smallest absolute Gasteiger partial charge is 0.421 e. The number of alkyl halides is 3. The highest BCUT2D eigenvalue weighted by atomic mass is 31.2. The van der Waals surface area contributed by atoms with E-state index in [1.165, 1.54) is 37.4 Å². The normalized spacial score (nSPS) is 12.1. The average molecular weight is 582 g/mol. The zero-order chi connectivity index (χ0) is 29.7. The minimum atomic E-state index is -4.80. The lowest BCUT2D eigenvalue weighted by molar-refractivity contribution is -0.137. The lowest BCUT2D eigenvalue weighted by Crippen LogP contribution is -2.24. The largest absolute Gasteiger partial charge is 0.495 e. The Morgan fingerprint density at radius 1 is 1.02 bits per heavy atom. The first-order valence-electron chi connectivity index (χ1n) is 12.4. The van der Waals surface area contributed by atoms with Gasteiger partial charge in [-0.15, -0.1) is 0 Å². The van der Waals surface area contributed by atoms with Crippen molar-refractivity contribution in [2.24, 2.45) is 0 Å². The highest BCUT2D eigenvalue weighted by molar-refractivity contribution is 7.53. The molecule has 0 aliphatic rings. The molecule has 5 N–H and O–H groups in total. The molecule has 0 unspecified atom stereocenters. The van der Waals surface area contributed by atoms with Crippen LogP contribution in [-0.4, -0.2) is 39.3 Å². The van der Waals surface area contributed by atoms with Gasteiger partial charge in [0.05, 0.1) is 29.2 Å². The Hall–Kier alpha value is -3.67. The van der Waals surface area contributed by atoms with Crippen LogP contribution in [0.5, 0.6) is 5.75 Å². The number of benzene rings is 2. The van der Waals surface area contributed by atoms with E-state index in [-0.39, 0.29) is 41.5 Å². The first-order valence-corrected chi connectivity index (χ1v) is 14.0. The number of carbonyl (C=O) groups excluding carboxylic acids is 1. The van der Waals surface area contributed by atoms with Crippen LogP contribution in [0.25, 0.3) is 0 Å². The number of nitrogens with one attached hydrogen (secondary N) is 3. The number of amides is 1. The van der Waals surface area contributed by atoms with Crippen molar-refractivity contribution in [2.45, 2.75) is 44.9 Å². The Labute approximate surface area is 229 Å². The van der Waals surface area contributed by atoms with Crippen LogP contribution in [0.4, 0.5) is 36.3 Å². The highest BCUT2D eigenvalue weighted by Gasteiger charge is 2.45. The standard InChI is InChI=1S/C26H31F3N5O5P/c1-5-25(6-2,40(36,37)38)16-12-13-20(21(14-16)39-4)33-24-31-15-18(26(27,28)29)22(34-24)32-19-11-9-8-10-17(19)23(35)30-7-3/h8-15H,5-7H2,1-4H3,(H,30,35)(H2,36,37,38)(H2,31,32,33,34). The molecule has 0 saturated carbocycles. The van der Waals surface area contributed by atoms with Crippen molar-refractivity contribution in [3.8, 4) is 5.75 Å². The number of aromatic nitrogens is 2. The molecule has 0 aliphatic heterocycles. The number of carbonyl (C=O) groups is 1. The van der Waals surface area contributed by atoms with Crippen molar-refractivity contribution in [1.29, 1.82) is 0 Å². The van der Waals surface area contributed by atoms with E-state index in [1.54, 1.807) is 32.9 Å². The Kier molecular flexibility index (Phi) is 9.44. The number of rotatable bonds is 11. The minimum Gasteiger partial charge on any atom is -0.495 e. The number of para-hydroxylation sites is 1. The molecule has 0 fully saturated rings. The van der Waals surface area contributed by atoms with Gasteiger partial charge in [0.2, 0.25) is 5.95 Å². The van der Waals surface area contributed by atoms with Crippen LogP contribution >= 0.6 is 7.60 Å². The number of anilines is 4. The molecule has 0 saturated heterocycles. The molecule has 2 aromatic carbocycles.